The van der Waals surface area contributed by atoms with Crippen LogP contribution in [-0.4, -0.2) is 28.1 Å². The molecule has 2 rings (SSSR count). The smallest absolute Gasteiger partial charge is 0.0842 e. The van der Waals surface area contributed by atoms with Crippen LogP contribution in [0.5, 0.6) is 0 Å². The van der Waals surface area contributed by atoms with Crippen LogP contribution in [0.3, 0.4) is 0 Å². The summed E-state index contributed by atoms with van der Waals surface area (Å²) in [7, 11) is 3.96. The van der Waals surface area contributed by atoms with Gasteiger partial charge < -0.3 is 5.32 Å². The summed E-state index contributed by atoms with van der Waals surface area (Å²) < 4.78 is 1.77. The standard InChI is InChI=1S/C17H26N4/c1-5-17(6-2,14-10-8-7-9-11-14)16(18-3)12-15-13-21(4)20-19-15/h7-11,13,16,18H,5-6,12H2,1-4H3. The first-order valence-electron chi connectivity index (χ1n) is 7.74. The van der Waals surface area contributed by atoms with Crippen LogP contribution in [0, 0.1) is 0 Å². The van der Waals surface area contributed by atoms with Crippen molar-refractivity contribution < 1.29 is 0 Å². The number of likely N-dealkylation sites (N-methyl/N-ethyl adjacent to an activating group) is 1. The molecule has 0 aliphatic heterocycles. The van der Waals surface area contributed by atoms with E-state index in [1.807, 2.05) is 20.3 Å². The minimum absolute atomic E-state index is 0.119. The molecule has 0 amide bonds. The predicted molar refractivity (Wildman–Crippen MR) is 86.3 cm³/mol. The Balaban J connectivity index is 2.34. The number of benzene rings is 1. The van der Waals surface area contributed by atoms with Crippen molar-refractivity contribution >= 4 is 0 Å². The maximum absolute atomic E-state index is 4.25. The molecule has 1 heterocycles. The summed E-state index contributed by atoms with van der Waals surface area (Å²) >= 11 is 0. The summed E-state index contributed by atoms with van der Waals surface area (Å²) in [5.41, 5.74) is 2.56. The lowest BCUT2D eigenvalue weighted by atomic mass is 9.69. The van der Waals surface area contributed by atoms with E-state index < -0.39 is 0 Å². The summed E-state index contributed by atoms with van der Waals surface area (Å²) in [6.07, 6.45) is 5.09. The number of hydrogen-bond donors (Lipinski definition) is 1. The zero-order valence-corrected chi connectivity index (χ0v) is 13.5. The Morgan fingerprint density at radius 3 is 2.33 bits per heavy atom. The first kappa shape index (κ1) is 15.7. The van der Waals surface area contributed by atoms with Gasteiger partial charge in [0.1, 0.15) is 0 Å². The molecule has 0 saturated heterocycles. The molecule has 1 aromatic heterocycles. The number of aryl methyl sites for hydroxylation is 1. The minimum atomic E-state index is 0.119. The highest BCUT2D eigenvalue weighted by Gasteiger charge is 2.36. The lowest BCUT2D eigenvalue weighted by molar-refractivity contribution is 0.279. The number of rotatable bonds is 7. The number of nitrogens with one attached hydrogen (secondary N) is 1. The average Bonchev–Trinajstić information content (AvgIpc) is 2.94. The van der Waals surface area contributed by atoms with Gasteiger partial charge in [-0.05, 0) is 25.5 Å². The van der Waals surface area contributed by atoms with Gasteiger partial charge in [-0.1, -0.05) is 49.4 Å². The van der Waals surface area contributed by atoms with Crippen molar-refractivity contribution in [3.63, 3.8) is 0 Å². The molecule has 4 nitrogen and oxygen atoms in total. The van der Waals surface area contributed by atoms with Gasteiger partial charge in [0.2, 0.25) is 0 Å². The lowest BCUT2D eigenvalue weighted by Crippen LogP contribution is -2.48. The van der Waals surface area contributed by atoms with E-state index in [0.29, 0.717) is 6.04 Å². The second-order valence-electron chi connectivity index (χ2n) is 5.66. The van der Waals surface area contributed by atoms with Gasteiger partial charge in [0.25, 0.3) is 0 Å². The molecule has 4 heteroatoms. The molecule has 1 N–H and O–H groups in total. The normalized spacial score (nSPS) is 13.3. The third kappa shape index (κ3) is 3.16. The number of nitrogens with zero attached hydrogens (tertiary/aromatic N) is 3. The largest absolute Gasteiger partial charge is 0.316 e. The lowest BCUT2D eigenvalue weighted by Gasteiger charge is -2.40. The Morgan fingerprint density at radius 2 is 1.86 bits per heavy atom. The second kappa shape index (κ2) is 6.85. The Bertz CT molecular complexity index is 543. The highest BCUT2D eigenvalue weighted by atomic mass is 15.4. The molecule has 2 aromatic rings. The summed E-state index contributed by atoms with van der Waals surface area (Å²) in [6.45, 7) is 4.55. The van der Waals surface area contributed by atoms with Gasteiger partial charge in [0.05, 0.1) is 5.69 Å². The highest BCUT2D eigenvalue weighted by molar-refractivity contribution is 5.28. The first-order chi connectivity index (χ1) is 10.2. The molecule has 0 saturated carbocycles. The van der Waals surface area contributed by atoms with Gasteiger partial charge >= 0.3 is 0 Å². The van der Waals surface area contributed by atoms with Gasteiger partial charge in [0, 0.05) is 31.1 Å². The van der Waals surface area contributed by atoms with Crippen molar-refractivity contribution in [2.45, 2.75) is 44.6 Å². The van der Waals surface area contributed by atoms with Crippen LogP contribution >= 0.6 is 0 Å². The molecule has 1 atom stereocenters. The highest BCUT2D eigenvalue weighted by Crippen LogP contribution is 2.36. The molecule has 0 bridgehead atoms. The van der Waals surface area contributed by atoms with Crippen LogP contribution in [-0.2, 0) is 18.9 Å². The predicted octanol–water partition coefficient (Wildman–Crippen LogP) is 2.70. The number of aromatic nitrogens is 3. The topological polar surface area (TPSA) is 42.7 Å². The van der Waals surface area contributed by atoms with E-state index in [4.69, 9.17) is 0 Å². The van der Waals surface area contributed by atoms with Crippen LogP contribution in [0.2, 0.25) is 0 Å². The second-order valence-corrected chi connectivity index (χ2v) is 5.66. The Labute approximate surface area is 127 Å². The Kier molecular flexibility index (Phi) is 5.12. The van der Waals surface area contributed by atoms with Gasteiger partial charge in [-0.25, -0.2) is 0 Å². The molecule has 0 radical (unpaired) electrons. The number of hydrogen-bond acceptors (Lipinski definition) is 3. The molecule has 1 unspecified atom stereocenters. The summed E-state index contributed by atoms with van der Waals surface area (Å²) in [5.74, 6) is 0. The van der Waals surface area contributed by atoms with Crippen LogP contribution in [0.4, 0.5) is 0 Å². The fourth-order valence-corrected chi connectivity index (χ4v) is 3.39. The third-order valence-electron chi connectivity index (χ3n) is 4.69. The van der Waals surface area contributed by atoms with E-state index in [9.17, 15) is 0 Å². The molecular formula is C17H26N4. The van der Waals surface area contributed by atoms with Crippen molar-refractivity contribution in [1.29, 1.82) is 0 Å². The van der Waals surface area contributed by atoms with Gasteiger partial charge in [-0.15, -0.1) is 5.10 Å². The molecule has 0 aliphatic rings. The van der Waals surface area contributed by atoms with E-state index >= 15 is 0 Å². The van der Waals surface area contributed by atoms with E-state index in [1.54, 1.807) is 4.68 Å². The zero-order chi connectivity index (χ0) is 15.3. The SMILES string of the molecule is CCC(CC)(c1ccccc1)C(Cc1cn(C)nn1)NC. The van der Waals surface area contributed by atoms with Crippen molar-refractivity contribution in [3.05, 3.63) is 47.8 Å². The summed E-state index contributed by atoms with van der Waals surface area (Å²) in [5, 5.41) is 11.8. The van der Waals surface area contributed by atoms with Crippen LogP contribution in [0.15, 0.2) is 36.5 Å². The van der Waals surface area contributed by atoms with Crippen molar-refractivity contribution in [3.8, 4) is 0 Å². The van der Waals surface area contributed by atoms with Crippen LogP contribution in [0.25, 0.3) is 0 Å². The summed E-state index contributed by atoms with van der Waals surface area (Å²) in [4.78, 5) is 0. The van der Waals surface area contributed by atoms with Crippen LogP contribution < -0.4 is 5.32 Å². The molecule has 114 valence electrons. The quantitative estimate of drug-likeness (QED) is 0.851. The van der Waals surface area contributed by atoms with Crippen molar-refractivity contribution in [2.24, 2.45) is 7.05 Å². The van der Waals surface area contributed by atoms with Crippen molar-refractivity contribution in [1.82, 2.24) is 20.3 Å². The Hall–Kier alpha value is -1.68. The van der Waals surface area contributed by atoms with E-state index in [-0.39, 0.29) is 5.41 Å². The van der Waals surface area contributed by atoms with E-state index in [0.717, 1.165) is 25.0 Å². The third-order valence-corrected chi connectivity index (χ3v) is 4.69. The van der Waals surface area contributed by atoms with Crippen LogP contribution in [0.1, 0.15) is 37.9 Å². The summed E-state index contributed by atoms with van der Waals surface area (Å²) in [6, 6.07) is 11.2. The monoisotopic (exact) mass is 286 g/mol. The average molecular weight is 286 g/mol. The maximum Gasteiger partial charge on any atom is 0.0842 e. The molecule has 1 aromatic carbocycles. The molecule has 0 spiro atoms. The van der Waals surface area contributed by atoms with E-state index in [1.165, 1.54) is 5.56 Å². The minimum Gasteiger partial charge on any atom is -0.316 e. The van der Waals surface area contributed by atoms with Gasteiger partial charge in [-0.3, -0.25) is 4.68 Å². The van der Waals surface area contributed by atoms with Gasteiger partial charge in [0.15, 0.2) is 0 Å². The zero-order valence-electron chi connectivity index (χ0n) is 13.5. The van der Waals surface area contributed by atoms with Crippen molar-refractivity contribution in [2.75, 3.05) is 7.05 Å². The maximum atomic E-state index is 4.25. The molecule has 0 aliphatic carbocycles. The van der Waals surface area contributed by atoms with E-state index in [2.05, 4.69) is 59.8 Å². The fraction of sp³-hybridized carbons (Fsp3) is 0.529. The van der Waals surface area contributed by atoms with Gasteiger partial charge in [-0.2, -0.15) is 0 Å². The molecule has 21 heavy (non-hydrogen) atoms. The molecular weight excluding hydrogens is 260 g/mol. The first-order valence-corrected chi connectivity index (χ1v) is 7.74. The molecule has 0 fully saturated rings. The fourth-order valence-electron chi connectivity index (χ4n) is 3.39. The Morgan fingerprint density at radius 1 is 1.19 bits per heavy atom.